The quantitative estimate of drug-likeness (QED) is 0.781. The maximum absolute atomic E-state index is 11.4. The van der Waals surface area contributed by atoms with Crippen LogP contribution in [0.25, 0.3) is 0 Å². The zero-order chi connectivity index (χ0) is 13.5. The van der Waals surface area contributed by atoms with Crippen LogP contribution in [0.2, 0.25) is 0 Å². The van der Waals surface area contributed by atoms with Crippen molar-refractivity contribution in [3.05, 3.63) is 35.9 Å². The Labute approximate surface area is 108 Å². The highest BCUT2D eigenvalue weighted by molar-refractivity contribution is 5.75. The van der Waals surface area contributed by atoms with E-state index in [4.69, 9.17) is 4.74 Å². The summed E-state index contributed by atoms with van der Waals surface area (Å²) in [5.74, 6) is -0.670. The third kappa shape index (κ3) is 4.47. The van der Waals surface area contributed by atoms with Gasteiger partial charge in [0.2, 0.25) is 0 Å². The van der Waals surface area contributed by atoms with Gasteiger partial charge in [0.25, 0.3) is 0 Å². The van der Waals surface area contributed by atoms with Gasteiger partial charge in [-0.3, -0.25) is 0 Å². The molecule has 0 aliphatic rings. The molecule has 1 N–H and O–H groups in total. The van der Waals surface area contributed by atoms with Gasteiger partial charge < -0.3 is 14.6 Å². The van der Waals surface area contributed by atoms with Crippen molar-refractivity contribution in [3.8, 4) is 0 Å². The number of ether oxygens (including phenoxy) is 2. The molecule has 1 aromatic rings. The van der Waals surface area contributed by atoms with Crippen LogP contribution in [0.3, 0.4) is 0 Å². The molecule has 1 unspecified atom stereocenters. The van der Waals surface area contributed by atoms with Crippen molar-refractivity contribution in [2.45, 2.75) is 38.6 Å². The average Bonchev–Trinajstić information content (AvgIpc) is 2.37. The van der Waals surface area contributed by atoms with Crippen molar-refractivity contribution in [2.24, 2.45) is 0 Å². The summed E-state index contributed by atoms with van der Waals surface area (Å²) >= 11 is 0. The van der Waals surface area contributed by atoms with Gasteiger partial charge >= 0.3 is 5.97 Å². The highest BCUT2D eigenvalue weighted by atomic mass is 16.6. The van der Waals surface area contributed by atoms with E-state index in [-0.39, 0.29) is 6.10 Å². The average molecular weight is 252 g/mol. The minimum Gasteiger partial charge on any atom is -0.467 e. The molecule has 4 nitrogen and oxygen atoms in total. The molecule has 2 atom stereocenters. The molecule has 0 amide bonds. The molecule has 0 saturated heterocycles. The molecule has 0 aromatic heterocycles. The number of benzene rings is 1. The fourth-order valence-corrected chi connectivity index (χ4v) is 1.70. The minimum atomic E-state index is -1.27. The lowest BCUT2D eigenvalue weighted by Gasteiger charge is -2.23. The first-order chi connectivity index (χ1) is 8.54. The maximum Gasteiger partial charge on any atom is 0.337 e. The maximum atomic E-state index is 11.4. The third-order valence-corrected chi connectivity index (χ3v) is 2.52. The van der Waals surface area contributed by atoms with Gasteiger partial charge in [-0.15, -0.1) is 0 Å². The molecule has 1 aromatic carbocycles. The van der Waals surface area contributed by atoms with E-state index >= 15 is 0 Å². The van der Waals surface area contributed by atoms with Crippen LogP contribution in [0.15, 0.2) is 30.3 Å². The van der Waals surface area contributed by atoms with Crippen molar-refractivity contribution in [1.82, 2.24) is 0 Å². The number of carbonyl (C=O) groups is 1. The summed E-state index contributed by atoms with van der Waals surface area (Å²) < 4.78 is 10.1. The van der Waals surface area contributed by atoms with Gasteiger partial charge in [0.1, 0.15) is 0 Å². The van der Waals surface area contributed by atoms with Crippen LogP contribution in [0.4, 0.5) is 0 Å². The van der Waals surface area contributed by atoms with E-state index in [9.17, 15) is 9.90 Å². The number of carbonyl (C=O) groups excluding carboxylic acids is 1. The summed E-state index contributed by atoms with van der Waals surface area (Å²) in [7, 11) is 1.25. The zero-order valence-electron chi connectivity index (χ0n) is 11.0. The summed E-state index contributed by atoms with van der Waals surface area (Å²) in [6.07, 6.45) is -1.47. The summed E-state index contributed by atoms with van der Waals surface area (Å²) in [6.45, 7) is 3.73. The van der Waals surface area contributed by atoms with Crippen LogP contribution >= 0.6 is 0 Å². The standard InChI is InChI=1S/C14H20O4/c1-10(2)18-12(13(15)14(16)17-3)9-11-7-5-4-6-8-11/h4-8,10,12-13,15H,9H2,1-3H3/t12?,13-/m1/s1. The number of hydrogen-bond donors (Lipinski definition) is 1. The topological polar surface area (TPSA) is 55.8 Å². The molecule has 100 valence electrons. The first-order valence-electron chi connectivity index (χ1n) is 6.00. The fourth-order valence-electron chi connectivity index (χ4n) is 1.70. The number of aliphatic hydroxyl groups excluding tert-OH is 1. The lowest BCUT2D eigenvalue weighted by Crippen LogP contribution is -2.39. The van der Waals surface area contributed by atoms with E-state index in [0.717, 1.165) is 5.56 Å². The molecule has 0 radical (unpaired) electrons. The number of methoxy groups -OCH3 is 1. The molecule has 0 spiro atoms. The second-order valence-electron chi connectivity index (χ2n) is 4.38. The zero-order valence-corrected chi connectivity index (χ0v) is 11.0. The minimum absolute atomic E-state index is 0.0713. The number of esters is 1. The monoisotopic (exact) mass is 252 g/mol. The van der Waals surface area contributed by atoms with Crippen LogP contribution in [-0.4, -0.2) is 36.5 Å². The van der Waals surface area contributed by atoms with Gasteiger partial charge in [-0.25, -0.2) is 4.79 Å². The Bertz CT molecular complexity index is 361. The molecular formula is C14H20O4. The van der Waals surface area contributed by atoms with Gasteiger partial charge in [-0.05, 0) is 19.4 Å². The Morgan fingerprint density at radius 3 is 2.39 bits per heavy atom. The predicted octanol–water partition coefficient (Wildman–Crippen LogP) is 1.56. The highest BCUT2D eigenvalue weighted by Crippen LogP contribution is 2.12. The van der Waals surface area contributed by atoms with E-state index in [1.54, 1.807) is 0 Å². The SMILES string of the molecule is COC(=O)[C@H](O)C(Cc1ccccc1)OC(C)C. The highest BCUT2D eigenvalue weighted by Gasteiger charge is 2.28. The van der Waals surface area contributed by atoms with E-state index in [0.29, 0.717) is 6.42 Å². The van der Waals surface area contributed by atoms with Gasteiger partial charge in [-0.1, -0.05) is 30.3 Å². The normalized spacial score (nSPS) is 14.3. The molecule has 18 heavy (non-hydrogen) atoms. The Kier molecular flexibility index (Phi) is 5.82. The molecule has 0 heterocycles. The fraction of sp³-hybridized carbons (Fsp3) is 0.500. The van der Waals surface area contributed by atoms with Crippen molar-refractivity contribution in [1.29, 1.82) is 0 Å². The molecule has 0 aliphatic carbocycles. The number of hydrogen-bond acceptors (Lipinski definition) is 4. The molecule has 0 aliphatic heterocycles. The Morgan fingerprint density at radius 1 is 1.28 bits per heavy atom. The second-order valence-corrected chi connectivity index (χ2v) is 4.38. The van der Waals surface area contributed by atoms with Gasteiger partial charge in [0.05, 0.1) is 19.3 Å². The van der Waals surface area contributed by atoms with Crippen molar-refractivity contribution < 1.29 is 19.4 Å². The van der Waals surface area contributed by atoms with E-state index in [1.807, 2.05) is 44.2 Å². The van der Waals surface area contributed by atoms with E-state index < -0.39 is 18.2 Å². The van der Waals surface area contributed by atoms with Crippen LogP contribution < -0.4 is 0 Å². The summed E-state index contributed by atoms with van der Waals surface area (Å²) in [6, 6.07) is 9.60. The lowest BCUT2D eigenvalue weighted by molar-refractivity contribution is -0.161. The van der Waals surface area contributed by atoms with Gasteiger partial charge in [0, 0.05) is 6.42 Å². The Balaban J connectivity index is 2.75. The first-order valence-corrected chi connectivity index (χ1v) is 6.00. The summed E-state index contributed by atoms with van der Waals surface area (Å²) in [5.41, 5.74) is 1.01. The number of rotatable bonds is 6. The molecule has 0 saturated carbocycles. The van der Waals surface area contributed by atoms with Crippen LogP contribution in [0.1, 0.15) is 19.4 Å². The summed E-state index contributed by atoms with van der Waals surface area (Å²) in [5, 5.41) is 9.89. The molecule has 1 rings (SSSR count). The lowest BCUT2D eigenvalue weighted by atomic mass is 10.0. The number of aliphatic hydroxyl groups is 1. The Morgan fingerprint density at radius 2 is 1.89 bits per heavy atom. The second kappa shape index (κ2) is 7.13. The largest absolute Gasteiger partial charge is 0.467 e. The third-order valence-electron chi connectivity index (χ3n) is 2.52. The van der Waals surface area contributed by atoms with Crippen LogP contribution in [0.5, 0.6) is 0 Å². The van der Waals surface area contributed by atoms with E-state index in [1.165, 1.54) is 7.11 Å². The summed E-state index contributed by atoms with van der Waals surface area (Å²) in [4.78, 5) is 11.4. The van der Waals surface area contributed by atoms with E-state index in [2.05, 4.69) is 4.74 Å². The van der Waals surface area contributed by atoms with Crippen LogP contribution in [-0.2, 0) is 20.7 Å². The first kappa shape index (κ1) is 14.7. The van der Waals surface area contributed by atoms with Gasteiger partial charge in [-0.2, -0.15) is 0 Å². The van der Waals surface area contributed by atoms with Crippen LogP contribution in [0, 0.1) is 0 Å². The molecule has 0 bridgehead atoms. The Hall–Kier alpha value is -1.39. The molecule has 0 fully saturated rings. The van der Waals surface area contributed by atoms with Gasteiger partial charge in [0.15, 0.2) is 6.10 Å². The molecule has 4 heteroatoms. The van der Waals surface area contributed by atoms with Crippen molar-refractivity contribution in [2.75, 3.05) is 7.11 Å². The molecular weight excluding hydrogens is 232 g/mol. The van der Waals surface area contributed by atoms with Crippen molar-refractivity contribution in [3.63, 3.8) is 0 Å². The van der Waals surface area contributed by atoms with Crippen molar-refractivity contribution >= 4 is 5.97 Å². The predicted molar refractivity (Wildman–Crippen MR) is 68.2 cm³/mol. The smallest absolute Gasteiger partial charge is 0.337 e.